The second-order valence-corrected chi connectivity index (χ2v) is 9.32. The fourth-order valence-corrected chi connectivity index (χ4v) is 4.71. The number of nitrogens with zero attached hydrogens (tertiary/aromatic N) is 5. The van der Waals surface area contributed by atoms with Gasteiger partial charge in [0.2, 0.25) is 5.95 Å². The van der Waals surface area contributed by atoms with Gasteiger partial charge in [0.25, 0.3) is 0 Å². The highest BCUT2D eigenvalue weighted by Gasteiger charge is 2.43. The monoisotopic (exact) mass is 468 g/mol. The second kappa shape index (κ2) is 9.38. The molecule has 166 valence electrons. The van der Waals surface area contributed by atoms with E-state index in [0.717, 1.165) is 33.2 Å². The summed E-state index contributed by atoms with van der Waals surface area (Å²) in [4.78, 5) is 11.3. The Kier molecular flexibility index (Phi) is 6.58. The highest BCUT2D eigenvalue weighted by atomic mass is 35.5. The van der Waals surface area contributed by atoms with Crippen molar-refractivity contribution in [2.75, 3.05) is 23.3 Å². The van der Waals surface area contributed by atoms with Crippen LogP contribution in [-0.2, 0) is 13.1 Å². The van der Waals surface area contributed by atoms with E-state index in [4.69, 9.17) is 22.3 Å². The van der Waals surface area contributed by atoms with Crippen LogP contribution in [0.5, 0.6) is 0 Å². The molecule has 3 aromatic rings. The van der Waals surface area contributed by atoms with Crippen LogP contribution in [0.1, 0.15) is 28.8 Å². The van der Waals surface area contributed by atoms with Crippen LogP contribution in [0.3, 0.4) is 0 Å². The summed E-state index contributed by atoms with van der Waals surface area (Å²) in [5.41, 5.74) is 9.33. The van der Waals surface area contributed by atoms with Crippen LogP contribution < -0.4 is 21.3 Å². The Morgan fingerprint density at radius 2 is 2.12 bits per heavy atom. The van der Waals surface area contributed by atoms with Gasteiger partial charge in [-0.15, -0.1) is 0 Å². The number of benzene rings is 1. The first-order valence-corrected chi connectivity index (χ1v) is 11.4. The van der Waals surface area contributed by atoms with Crippen molar-refractivity contribution < 1.29 is 0 Å². The number of nitrogens with two attached hydrogens (primary N) is 1. The lowest BCUT2D eigenvalue weighted by molar-refractivity contribution is 0.256. The maximum atomic E-state index is 9.41. The van der Waals surface area contributed by atoms with E-state index in [9.17, 15) is 5.26 Å². The molecule has 8 nitrogen and oxygen atoms in total. The van der Waals surface area contributed by atoms with Crippen molar-refractivity contribution in [2.45, 2.75) is 38.9 Å². The van der Waals surface area contributed by atoms with Crippen molar-refractivity contribution in [1.82, 2.24) is 19.7 Å². The lowest BCUT2D eigenvalue weighted by Gasteiger charge is -2.50. The number of nitrogens with one attached hydrogen (secondary N) is 2. The largest absolute Gasteiger partial charge is 0.352 e. The number of hydrogen-bond acceptors (Lipinski definition) is 9. The third-order valence-corrected chi connectivity index (χ3v) is 6.66. The lowest BCUT2D eigenvalue weighted by atomic mass is 9.86. The highest BCUT2D eigenvalue weighted by Crippen LogP contribution is 2.32. The van der Waals surface area contributed by atoms with E-state index in [1.54, 1.807) is 0 Å². The van der Waals surface area contributed by atoms with Gasteiger partial charge in [-0.05, 0) is 48.6 Å². The zero-order valence-electron chi connectivity index (χ0n) is 18.0. The first-order chi connectivity index (χ1) is 15.4. The number of aryl methyl sites for hydroxylation is 2. The molecule has 1 aromatic carbocycles. The summed E-state index contributed by atoms with van der Waals surface area (Å²) >= 11 is 7.67. The predicted octanol–water partition coefficient (Wildman–Crippen LogP) is 3.67. The van der Waals surface area contributed by atoms with Gasteiger partial charge >= 0.3 is 0 Å². The van der Waals surface area contributed by atoms with Crippen LogP contribution in [0.2, 0.25) is 5.02 Å². The Hall–Kier alpha value is -2.77. The van der Waals surface area contributed by atoms with Crippen molar-refractivity contribution in [3.05, 3.63) is 57.9 Å². The van der Waals surface area contributed by atoms with Crippen molar-refractivity contribution in [3.63, 3.8) is 0 Å². The lowest BCUT2D eigenvalue weighted by Crippen LogP contribution is -2.69. The first-order valence-electron chi connectivity index (χ1n) is 10.3. The van der Waals surface area contributed by atoms with E-state index >= 15 is 0 Å². The summed E-state index contributed by atoms with van der Waals surface area (Å²) in [6, 6.07) is 10.2. The molecule has 0 amide bonds. The Bertz CT molecular complexity index is 1150. The summed E-state index contributed by atoms with van der Waals surface area (Å²) in [5.74, 6) is 1.41. The predicted molar refractivity (Wildman–Crippen MR) is 128 cm³/mol. The molecule has 4 rings (SSSR count). The first kappa shape index (κ1) is 22.4. The van der Waals surface area contributed by atoms with Gasteiger partial charge in [0.15, 0.2) is 0 Å². The zero-order chi connectivity index (χ0) is 22.7. The molecule has 1 aliphatic rings. The maximum absolute atomic E-state index is 9.41. The minimum absolute atomic E-state index is 0.298. The van der Waals surface area contributed by atoms with Crippen LogP contribution in [-0.4, -0.2) is 33.0 Å². The van der Waals surface area contributed by atoms with E-state index in [2.05, 4.69) is 31.0 Å². The van der Waals surface area contributed by atoms with Gasteiger partial charge in [-0.2, -0.15) is 14.6 Å². The number of anilines is 3. The fraction of sp³-hybridized carbons (Fsp3) is 0.364. The Labute approximate surface area is 196 Å². The van der Waals surface area contributed by atoms with Gasteiger partial charge in [0, 0.05) is 43.0 Å². The van der Waals surface area contributed by atoms with E-state index in [0.29, 0.717) is 43.6 Å². The van der Waals surface area contributed by atoms with Crippen LogP contribution in [0.4, 0.5) is 16.8 Å². The smallest absolute Gasteiger partial charge is 0.229 e. The standard InChI is InChI=1S/C22H25ClN8S/c1-14-10-26-21(28-19-7-15(2)30-32-19)29-20(14)31-12-22(13-31,5-6-24)27-11-16-3-4-17(9-25)18(23)8-16/h3-4,7-8,10,27H,5,9,11-13,25H2,1-2H3,(H,26,28,29). The molecule has 0 radical (unpaired) electrons. The van der Waals surface area contributed by atoms with Crippen molar-refractivity contribution in [2.24, 2.45) is 5.73 Å². The van der Waals surface area contributed by atoms with Gasteiger partial charge in [0.1, 0.15) is 10.8 Å². The molecule has 0 unspecified atom stereocenters. The molecule has 0 saturated carbocycles. The third-order valence-electron chi connectivity index (χ3n) is 5.52. The van der Waals surface area contributed by atoms with Gasteiger partial charge in [-0.3, -0.25) is 0 Å². The highest BCUT2D eigenvalue weighted by molar-refractivity contribution is 7.10. The molecule has 0 atom stereocenters. The second-order valence-electron chi connectivity index (χ2n) is 8.11. The molecule has 1 fully saturated rings. The van der Waals surface area contributed by atoms with E-state index in [1.165, 1.54) is 11.5 Å². The van der Waals surface area contributed by atoms with E-state index < -0.39 is 0 Å². The molecule has 3 heterocycles. The van der Waals surface area contributed by atoms with Crippen molar-refractivity contribution in [1.29, 1.82) is 5.26 Å². The maximum Gasteiger partial charge on any atom is 0.229 e. The van der Waals surface area contributed by atoms with Crippen LogP contribution in [0.15, 0.2) is 30.5 Å². The average molecular weight is 469 g/mol. The summed E-state index contributed by atoms with van der Waals surface area (Å²) in [5, 5.41) is 17.8. The molecular formula is C22H25ClN8S. The molecule has 10 heteroatoms. The molecule has 32 heavy (non-hydrogen) atoms. The summed E-state index contributed by atoms with van der Waals surface area (Å²) in [6.45, 7) is 6.36. The molecule has 0 bridgehead atoms. The Balaban J connectivity index is 1.44. The normalized spacial score (nSPS) is 14.7. The topological polar surface area (TPSA) is 116 Å². The van der Waals surface area contributed by atoms with Crippen LogP contribution in [0.25, 0.3) is 0 Å². The third kappa shape index (κ3) is 4.84. The van der Waals surface area contributed by atoms with Gasteiger partial charge in [0.05, 0.1) is 23.7 Å². The number of halogens is 1. The molecule has 0 spiro atoms. The molecular weight excluding hydrogens is 444 g/mol. The molecule has 1 saturated heterocycles. The van der Waals surface area contributed by atoms with Gasteiger partial charge in [-0.25, -0.2) is 4.98 Å². The quantitative estimate of drug-likeness (QED) is 0.458. The number of hydrogen-bond donors (Lipinski definition) is 3. The fourth-order valence-electron chi connectivity index (χ4n) is 3.77. The van der Waals surface area contributed by atoms with Crippen molar-refractivity contribution in [3.8, 4) is 6.07 Å². The Morgan fingerprint density at radius 3 is 2.78 bits per heavy atom. The molecule has 0 aliphatic carbocycles. The van der Waals surface area contributed by atoms with Crippen molar-refractivity contribution >= 4 is 39.9 Å². The van der Waals surface area contributed by atoms with Gasteiger partial charge < -0.3 is 21.3 Å². The van der Waals surface area contributed by atoms with E-state index in [-0.39, 0.29) is 5.54 Å². The number of nitriles is 1. The van der Waals surface area contributed by atoms with Gasteiger partial charge in [-0.1, -0.05) is 23.7 Å². The summed E-state index contributed by atoms with van der Waals surface area (Å²) in [7, 11) is 0. The molecule has 1 aliphatic heterocycles. The zero-order valence-corrected chi connectivity index (χ0v) is 19.6. The van der Waals surface area contributed by atoms with E-state index in [1.807, 2.05) is 44.3 Å². The number of rotatable bonds is 8. The summed E-state index contributed by atoms with van der Waals surface area (Å²) in [6.07, 6.45) is 2.23. The minimum Gasteiger partial charge on any atom is -0.352 e. The SMILES string of the molecule is Cc1cc(Nc2ncc(C)c(N3CC(CC#N)(NCc4ccc(CN)c(Cl)c4)C3)n2)sn1. The summed E-state index contributed by atoms with van der Waals surface area (Å²) < 4.78 is 4.28. The Morgan fingerprint density at radius 1 is 1.31 bits per heavy atom. The van der Waals surface area contributed by atoms with Crippen LogP contribution in [0, 0.1) is 25.2 Å². The average Bonchev–Trinajstić information content (AvgIpc) is 3.16. The number of aromatic nitrogens is 3. The van der Waals surface area contributed by atoms with Crippen LogP contribution >= 0.6 is 23.1 Å². The minimum atomic E-state index is -0.298. The molecule has 4 N–H and O–H groups in total. The molecule has 2 aromatic heterocycles.